The van der Waals surface area contributed by atoms with Crippen molar-refractivity contribution in [2.24, 2.45) is 5.16 Å². The zero-order valence-corrected chi connectivity index (χ0v) is 6.81. The highest BCUT2D eigenvalue weighted by molar-refractivity contribution is 6.10. The average molecular weight is 117 g/mol. The summed E-state index contributed by atoms with van der Waals surface area (Å²) in [5, 5.41) is 11.1. The van der Waals surface area contributed by atoms with Gasteiger partial charge in [-0.1, -0.05) is 11.2 Å². The maximum absolute atomic E-state index is 8.07. The van der Waals surface area contributed by atoms with E-state index in [4.69, 9.17) is 5.21 Å². The van der Waals surface area contributed by atoms with Crippen molar-refractivity contribution in [2.75, 3.05) is 0 Å². The molecule has 1 N–H and O–H groups in total. The highest BCUT2D eigenvalue weighted by Crippen LogP contribution is 1.86. The van der Waals surface area contributed by atoms with Gasteiger partial charge in [-0.05, 0) is 13.3 Å². The summed E-state index contributed by atoms with van der Waals surface area (Å²) in [5.41, 5.74) is 0.843. The molecule has 0 unspecified atom stereocenters. The van der Waals surface area contributed by atoms with Crippen molar-refractivity contribution in [3.05, 3.63) is 0 Å². The van der Waals surface area contributed by atoms with Gasteiger partial charge in [0, 0.05) is 10.2 Å². The van der Waals surface area contributed by atoms with Crippen LogP contribution in [0.15, 0.2) is 5.16 Å². The van der Waals surface area contributed by atoms with Crippen molar-refractivity contribution < 1.29 is 5.21 Å². The van der Waals surface area contributed by atoms with Crippen LogP contribution in [0.4, 0.5) is 0 Å². The van der Waals surface area contributed by atoms with Gasteiger partial charge < -0.3 is 5.21 Å². The molecule has 0 heterocycles. The summed E-state index contributed by atoms with van der Waals surface area (Å²) >= 11 is 0. The van der Waals surface area contributed by atoms with Crippen molar-refractivity contribution in [1.82, 2.24) is 0 Å². The van der Waals surface area contributed by atoms with Gasteiger partial charge in [-0.2, -0.15) is 0 Å². The first kappa shape index (κ1) is 6.69. The van der Waals surface area contributed by atoms with Gasteiger partial charge in [0.1, 0.15) is 0 Å². The van der Waals surface area contributed by atoms with Crippen LogP contribution in [0.2, 0.25) is 6.04 Å². The van der Waals surface area contributed by atoms with Crippen LogP contribution in [-0.4, -0.2) is 21.2 Å². The molecule has 0 amide bonds. The van der Waals surface area contributed by atoms with Crippen molar-refractivity contribution in [3.8, 4) is 0 Å². The molecule has 0 rings (SSSR count). The lowest BCUT2D eigenvalue weighted by atomic mass is 10.3. The number of oxime groups is 1. The molecule has 0 aromatic rings. The minimum atomic E-state index is 0.843. The van der Waals surface area contributed by atoms with Gasteiger partial charge in [-0.15, -0.1) is 0 Å². The summed E-state index contributed by atoms with van der Waals surface area (Å²) < 4.78 is 0. The van der Waals surface area contributed by atoms with E-state index in [2.05, 4.69) is 5.16 Å². The van der Waals surface area contributed by atoms with E-state index in [0.29, 0.717) is 0 Å². The molecule has 0 aliphatic carbocycles. The first-order valence-corrected chi connectivity index (χ1v) is 3.90. The third-order valence-corrected chi connectivity index (χ3v) is 1.28. The Morgan fingerprint density at radius 3 is 2.57 bits per heavy atom. The molecule has 0 radical (unpaired) electrons. The Balaban J connectivity index is 3.17. The van der Waals surface area contributed by atoms with Crippen molar-refractivity contribution in [3.63, 3.8) is 0 Å². The molecular formula is C4H11NOSi. The number of hydrogen-bond donors (Lipinski definition) is 1. The molecule has 7 heavy (non-hydrogen) atoms. The summed E-state index contributed by atoms with van der Waals surface area (Å²) in [4.78, 5) is 0. The normalized spacial score (nSPS) is 12.4. The molecule has 0 saturated carbocycles. The topological polar surface area (TPSA) is 32.6 Å². The first-order chi connectivity index (χ1) is 3.31. The first-order valence-electron chi connectivity index (χ1n) is 2.48. The van der Waals surface area contributed by atoms with Gasteiger partial charge in [0.15, 0.2) is 0 Å². The highest BCUT2D eigenvalue weighted by atomic mass is 28.1. The Bertz CT molecular complexity index is 72.1. The van der Waals surface area contributed by atoms with Gasteiger partial charge in [-0.25, -0.2) is 0 Å². The molecule has 0 aromatic heterocycles. The summed E-state index contributed by atoms with van der Waals surface area (Å²) in [6, 6.07) is 1.19. The standard InChI is InChI=1S/C4H11NOSi/c1-4(5-6)2-3-7/h6H,2-3H2,1,7H3. The third-order valence-electron chi connectivity index (χ3n) is 0.783. The molecule has 0 saturated heterocycles. The fourth-order valence-electron chi connectivity index (χ4n) is 0.412. The quantitative estimate of drug-likeness (QED) is 0.235. The maximum atomic E-state index is 8.07. The smallest absolute Gasteiger partial charge is 0.0536 e. The molecule has 0 aliphatic heterocycles. The van der Waals surface area contributed by atoms with Crippen LogP contribution in [0.25, 0.3) is 0 Å². The Morgan fingerprint density at radius 1 is 1.86 bits per heavy atom. The Hall–Kier alpha value is -0.313. The number of hydrogen-bond acceptors (Lipinski definition) is 2. The van der Waals surface area contributed by atoms with Gasteiger partial charge in [0.2, 0.25) is 0 Å². The van der Waals surface area contributed by atoms with Crippen molar-refractivity contribution in [2.45, 2.75) is 19.4 Å². The second-order valence-corrected chi connectivity index (χ2v) is 2.59. The molecule has 0 atom stereocenters. The van der Waals surface area contributed by atoms with E-state index in [1.54, 1.807) is 0 Å². The highest BCUT2D eigenvalue weighted by Gasteiger charge is 1.84. The van der Waals surface area contributed by atoms with Crippen LogP contribution in [0.1, 0.15) is 13.3 Å². The Labute approximate surface area is 46.6 Å². The Morgan fingerprint density at radius 2 is 2.43 bits per heavy atom. The second-order valence-electron chi connectivity index (χ2n) is 1.59. The molecule has 0 fully saturated rings. The van der Waals surface area contributed by atoms with Crippen LogP contribution in [0.5, 0.6) is 0 Å². The zero-order valence-electron chi connectivity index (χ0n) is 4.81. The summed E-state index contributed by atoms with van der Waals surface area (Å²) in [6.45, 7) is 1.83. The zero-order chi connectivity index (χ0) is 5.70. The minimum Gasteiger partial charge on any atom is -0.411 e. The van der Waals surface area contributed by atoms with Gasteiger partial charge in [0.05, 0.1) is 5.71 Å². The second kappa shape index (κ2) is 3.86. The Kier molecular flexibility index (Phi) is 3.69. The van der Waals surface area contributed by atoms with Crippen LogP contribution in [-0.2, 0) is 0 Å². The lowest BCUT2D eigenvalue weighted by Crippen LogP contribution is -1.88. The van der Waals surface area contributed by atoms with Crippen LogP contribution < -0.4 is 0 Å². The summed E-state index contributed by atoms with van der Waals surface area (Å²) in [6.07, 6.45) is 0.961. The molecule has 0 spiro atoms. The predicted octanol–water partition coefficient (Wildman–Crippen LogP) is 0.0103. The molecular weight excluding hydrogens is 106 g/mol. The fraction of sp³-hybridized carbons (Fsp3) is 0.750. The van der Waals surface area contributed by atoms with Crippen LogP contribution in [0.3, 0.4) is 0 Å². The van der Waals surface area contributed by atoms with E-state index in [1.165, 1.54) is 16.3 Å². The van der Waals surface area contributed by atoms with E-state index in [9.17, 15) is 0 Å². The lowest BCUT2D eigenvalue weighted by Gasteiger charge is -1.87. The van der Waals surface area contributed by atoms with Gasteiger partial charge >= 0.3 is 0 Å². The fourth-order valence-corrected chi connectivity index (χ4v) is 1.14. The number of rotatable bonds is 2. The van der Waals surface area contributed by atoms with Gasteiger partial charge in [0.25, 0.3) is 0 Å². The molecule has 0 aromatic carbocycles. The number of nitrogens with zero attached hydrogens (tertiary/aromatic N) is 1. The average Bonchev–Trinajstić information content (AvgIpc) is 1.68. The largest absolute Gasteiger partial charge is 0.411 e. The van der Waals surface area contributed by atoms with E-state index in [-0.39, 0.29) is 0 Å². The van der Waals surface area contributed by atoms with Crippen molar-refractivity contribution >= 4 is 16.0 Å². The molecule has 3 heteroatoms. The third kappa shape index (κ3) is 3.52. The summed E-state index contributed by atoms with van der Waals surface area (Å²) in [7, 11) is 1.20. The molecule has 2 nitrogen and oxygen atoms in total. The van der Waals surface area contributed by atoms with E-state index in [0.717, 1.165) is 12.1 Å². The monoisotopic (exact) mass is 117 g/mol. The summed E-state index contributed by atoms with van der Waals surface area (Å²) in [5.74, 6) is 0. The van der Waals surface area contributed by atoms with Crippen LogP contribution >= 0.6 is 0 Å². The lowest BCUT2D eigenvalue weighted by molar-refractivity contribution is 0.317. The molecule has 0 bridgehead atoms. The van der Waals surface area contributed by atoms with E-state index >= 15 is 0 Å². The van der Waals surface area contributed by atoms with Crippen molar-refractivity contribution in [1.29, 1.82) is 0 Å². The van der Waals surface area contributed by atoms with E-state index < -0.39 is 0 Å². The van der Waals surface area contributed by atoms with Crippen LogP contribution in [0, 0.1) is 0 Å². The SMILES string of the molecule is CC(CC[SiH3])=NO. The molecule has 42 valence electrons. The molecule has 0 aliphatic rings. The van der Waals surface area contributed by atoms with Gasteiger partial charge in [-0.3, -0.25) is 0 Å². The minimum absolute atomic E-state index is 0.843. The predicted molar refractivity (Wildman–Crippen MR) is 34.3 cm³/mol. The van der Waals surface area contributed by atoms with E-state index in [1.807, 2.05) is 6.92 Å². The maximum Gasteiger partial charge on any atom is 0.0536 e.